The standard InChI is InChI=1S/C20H30F2N2O5/c1-5-6-7-14-9-11-24(4,12-20(14,21)22)18(29)15(26)8-10-23-17(28)16(27)19(2,3)13-25/h5-7,16,25,27H,8-13H2,1-4H3/p+1/b6-5-,14-7+/t16-,24?/m0/s1. The number of amides is 2. The number of aliphatic hydroxyl groups is 2. The van der Waals surface area contributed by atoms with E-state index < -0.39 is 52.7 Å². The van der Waals surface area contributed by atoms with Crippen molar-refractivity contribution >= 4 is 17.6 Å². The summed E-state index contributed by atoms with van der Waals surface area (Å²) in [6.07, 6.45) is 2.62. The summed E-state index contributed by atoms with van der Waals surface area (Å²) in [6, 6.07) is 0. The number of ketones is 1. The summed E-state index contributed by atoms with van der Waals surface area (Å²) in [5, 5.41) is 21.4. The van der Waals surface area contributed by atoms with Gasteiger partial charge in [-0.25, -0.2) is 4.79 Å². The van der Waals surface area contributed by atoms with E-state index in [4.69, 9.17) is 0 Å². The number of hydrogen-bond acceptors (Lipinski definition) is 5. The Balaban J connectivity index is 2.68. The van der Waals surface area contributed by atoms with Crippen LogP contribution in [0.3, 0.4) is 0 Å². The lowest BCUT2D eigenvalue weighted by Gasteiger charge is -2.39. The quantitative estimate of drug-likeness (QED) is 0.403. The topological polar surface area (TPSA) is 104 Å². The monoisotopic (exact) mass is 417 g/mol. The first-order chi connectivity index (χ1) is 13.3. The van der Waals surface area contributed by atoms with E-state index in [0.717, 1.165) is 0 Å². The zero-order chi connectivity index (χ0) is 22.5. The molecule has 1 aliphatic heterocycles. The first kappa shape index (κ1) is 25.1. The van der Waals surface area contributed by atoms with Crippen LogP contribution in [-0.4, -0.2) is 77.6 Å². The summed E-state index contributed by atoms with van der Waals surface area (Å²) in [5.74, 6) is -5.77. The lowest BCUT2D eigenvalue weighted by atomic mass is 9.87. The van der Waals surface area contributed by atoms with Crippen molar-refractivity contribution in [2.24, 2.45) is 5.41 Å². The van der Waals surface area contributed by atoms with Gasteiger partial charge in [-0.3, -0.25) is 14.1 Å². The van der Waals surface area contributed by atoms with Crippen LogP contribution in [0.25, 0.3) is 0 Å². The van der Waals surface area contributed by atoms with Gasteiger partial charge >= 0.3 is 11.8 Å². The van der Waals surface area contributed by atoms with Crippen LogP contribution in [0.2, 0.25) is 0 Å². The van der Waals surface area contributed by atoms with Gasteiger partial charge in [0.1, 0.15) is 6.10 Å². The number of aliphatic hydroxyl groups excluding tert-OH is 2. The van der Waals surface area contributed by atoms with Crippen molar-refractivity contribution in [1.29, 1.82) is 0 Å². The number of alkyl halides is 2. The molecule has 7 nitrogen and oxygen atoms in total. The van der Waals surface area contributed by atoms with Crippen LogP contribution in [0, 0.1) is 5.41 Å². The zero-order valence-electron chi connectivity index (χ0n) is 17.4. The summed E-state index contributed by atoms with van der Waals surface area (Å²) in [6.45, 7) is 3.34. The number of Topliss-reactive ketones (excluding diaryl/α,β-unsaturated/α-hetero) is 1. The van der Waals surface area contributed by atoms with E-state index in [-0.39, 0.29) is 31.5 Å². The van der Waals surface area contributed by atoms with Crippen LogP contribution in [0.15, 0.2) is 23.8 Å². The highest BCUT2D eigenvalue weighted by Gasteiger charge is 2.52. The first-order valence-electron chi connectivity index (χ1n) is 9.50. The second-order valence-corrected chi connectivity index (χ2v) is 8.27. The van der Waals surface area contributed by atoms with Gasteiger partial charge < -0.3 is 15.5 Å². The summed E-state index contributed by atoms with van der Waals surface area (Å²) in [7, 11) is 1.31. The number of carbonyl (C=O) groups excluding carboxylic acids is 3. The average molecular weight is 417 g/mol. The Bertz CT molecular complexity index is 703. The maximum Gasteiger partial charge on any atom is 0.381 e. The lowest BCUT2D eigenvalue weighted by Crippen LogP contribution is -2.61. The highest BCUT2D eigenvalue weighted by molar-refractivity contribution is 6.33. The number of hydrogen-bond donors (Lipinski definition) is 3. The SMILES string of the molecule is C/C=C\C=C1/CC[N+](C)(C(=O)C(=O)CCNC(=O)[C@H](O)C(C)(C)CO)CC1(F)F. The molecule has 164 valence electrons. The molecule has 1 fully saturated rings. The number of nitrogens with one attached hydrogen (secondary N) is 1. The van der Waals surface area contributed by atoms with E-state index in [0.29, 0.717) is 0 Å². The molecule has 0 aromatic carbocycles. The Hall–Kier alpha value is -1.97. The van der Waals surface area contributed by atoms with Crippen molar-refractivity contribution < 1.29 is 37.9 Å². The number of nitrogens with zero attached hydrogens (tertiary/aromatic N) is 1. The fourth-order valence-electron chi connectivity index (χ4n) is 3.01. The number of rotatable bonds is 8. The van der Waals surface area contributed by atoms with Crippen molar-refractivity contribution in [3.63, 3.8) is 0 Å². The number of piperidine rings is 1. The number of likely N-dealkylation sites (tertiary alicyclic amines) is 1. The third-order valence-corrected chi connectivity index (χ3v) is 5.16. The minimum atomic E-state index is -3.20. The van der Waals surface area contributed by atoms with Gasteiger partial charge in [0.15, 0.2) is 6.54 Å². The molecule has 0 bridgehead atoms. The van der Waals surface area contributed by atoms with E-state index in [2.05, 4.69) is 5.32 Å². The van der Waals surface area contributed by atoms with Crippen LogP contribution in [0.4, 0.5) is 8.78 Å². The third kappa shape index (κ3) is 6.25. The van der Waals surface area contributed by atoms with E-state index in [1.54, 1.807) is 13.0 Å². The molecule has 2 atom stereocenters. The van der Waals surface area contributed by atoms with Crippen molar-refractivity contribution in [3.8, 4) is 0 Å². The van der Waals surface area contributed by atoms with Gasteiger partial charge in [-0.15, -0.1) is 0 Å². The van der Waals surface area contributed by atoms with E-state index in [1.807, 2.05) is 0 Å². The van der Waals surface area contributed by atoms with Crippen LogP contribution in [0.1, 0.15) is 33.6 Å². The van der Waals surface area contributed by atoms with E-state index >= 15 is 0 Å². The largest absolute Gasteiger partial charge is 0.396 e. The first-order valence-corrected chi connectivity index (χ1v) is 9.50. The summed E-state index contributed by atoms with van der Waals surface area (Å²) >= 11 is 0. The second kappa shape index (κ2) is 9.69. The zero-order valence-corrected chi connectivity index (χ0v) is 17.4. The molecule has 0 aliphatic carbocycles. The molecule has 0 radical (unpaired) electrons. The predicted octanol–water partition coefficient (Wildman–Crippen LogP) is 0.956. The van der Waals surface area contributed by atoms with Crippen LogP contribution >= 0.6 is 0 Å². The van der Waals surface area contributed by atoms with E-state index in [9.17, 15) is 33.4 Å². The number of likely N-dealkylation sites (N-methyl/N-ethyl adjacent to an activating group) is 1. The molecule has 3 N–H and O–H groups in total. The van der Waals surface area contributed by atoms with Gasteiger partial charge in [-0.05, 0) is 6.92 Å². The number of quaternary nitrogens is 1. The van der Waals surface area contributed by atoms with Crippen LogP contribution < -0.4 is 5.32 Å². The Labute approximate surface area is 169 Å². The molecule has 0 saturated carbocycles. The molecule has 2 amide bonds. The van der Waals surface area contributed by atoms with Crippen LogP contribution in [-0.2, 0) is 14.4 Å². The minimum absolute atomic E-state index is 0.00791. The Morgan fingerprint density at radius 3 is 2.48 bits per heavy atom. The maximum absolute atomic E-state index is 14.4. The average Bonchev–Trinajstić information content (AvgIpc) is 2.65. The predicted molar refractivity (Wildman–Crippen MR) is 103 cm³/mol. The molecule has 1 heterocycles. The van der Waals surface area contributed by atoms with Gasteiger partial charge in [0.2, 0.25) is 5.91 Å². The second-order valence-electron chi connectivity index (χ2n) is 8.27. The highest BCUT2D eigenvalue weighted by atomic mass is 19.3. The molecule has 29 heavy (non-hydrogen) atoms. The summed E-state index contributed by atoms with van der Waals surface area (Å²) in [5.41, 5.74) is -1.14. The molecule has 1 saturated heterocycles. The highest BCUT2D eigenvalue weighted by Crippen LogP contribution is 2.35. The molecule has 0 aromatic heterocycles. The van der Waals surface area contributed by atoms with Crippen molar-refractivity contribution in [3.05, 3.63) is 23.8 Å². The van der Waals surface area contributed by atoms with Gasteiger partial charge in [0.05, 0.1) is 20.2 Å². The summed E-state index contributed by atoms with van der Waals surface area (Å²) in [4.78, 5) is 36.6. The molecule has 1 aliphatic rings. The molecule has 1 unspecified atom stereocenters. The van der Waals surface area contributed by atoms with Crippen molar-refractivity contribution in [2.45, 2.75) is 45.6 Å². The normalized spacial score (nSPS) is 24.5. The molecule has 9 heteroatoms. The van der Waals surface area contributed by atoms with Gasteiger partial charge in [-0.1, -0.05) is 32.1 Å². The minimum Gasteiger partial charge on any atom is -0.396 e. The van der Waals surface area contributed by atoms with Gasteiger partial charge in [0.25, 0.3) is 5.78 Å². The van der Waals surface area contributed by atoms with Gasteiger partial charge in [0, 0.05) is 30.4 Å². The van der Waals surface area contributed by atoms with Gasteiger partial charge in [-0.2, -0.15) is 8.78 Å². The molecular formula is C20H31F2N2O5+. The molecular weight excluding hydrogens is 386 g/mol. The van der Waals surface area contributed by atoms with Crippen molar-refractivity contribution in [2.75, 3.05) is 33.3 Å². The number of carbonyl (C=O) groups is 3. The van der Waals surface area contributed by atoms with Crippen LogP contribution in [0.5, 0.6) is 0 Å². The Kier molecular flexibility index (Phi) is 8.37. The molecule has 1 rings (SSSR count). The Morgan fingerprint density at radius 1 is 1.34 bits per heavy atom. The molecule has 0 aromatic rings. The smallest absolute Gasteiger partial charge is 0.381 e. The molecule has 0 spiro atoms. The number of allylic oxidation sites excluding steroid dienone is 3. The Morgan fingerprint density at radius 2 is 1.97 bits per heavy atom. The number of halogens is 2. The fourth-order valence-corrected chi connectivity index (χ4v) is 3.01. The lowest BCUT2D eigenvalue weighted by molar-refractivity contribution is -0.843. The fraction of sp³-hybridized carbons (Fsp3) is 0.650. The van der Waals surface area contributed by atoms with Crippen molar-refractivity contribution in [1.82, 2.24) is 5.32 Å². The summed E-state index contributed by atoms with van der Waals surface area (Å²) < 4.78 is 28.1. The maximum atomic E-state index is 14.4. The third-order valence-electron chi connectivity index (χ3n) is 5.16. The van der Waals surface area contributed by atoms with E-state index in [1.165, 1.54) is 33.0 Å².